The van der Waals surface area contributed by atoms with Crippen LogP contribution < -0.4 is 15.4 Å². The van der Waals surface area contributed by atoms with Gasteiger partial charge in [0.1, 0.15) is 5.75 Å². The Morgan fingerprint density at radius 2 is 2.19 bits per heavy atom. The lowest BCUT2D eigenvalue weighted by Crippen LogP contribution is -2.44. The first-order chi connectivity index (χ1) is 9.89. The number of methoxy groups -OCH3 is 1. The van der Waals surface area contributed by atoms with E-state index in [2.05, 4.69) is 10.6 Å². The number of hydrogen-bond donors (Lipinski definition) is 2. The van der Waals surface area contributed by atoms with Crippen LogP contribution in [0.15, 0.2) is 24.3 Å². The highest BCUT2D eigenvalue weighted by molar-refractivity contribution is 7.91. The number of amides is 1. The van der Waals surface area contributed by atoms with Gasteiger partial charge < -0.3 is 10.1 Å². The van der Waals surface area contributed by atoms with E-state index in [1.54, 1.807) is 24.3 Å². The minimum absolute atomic E-state index is 0.0438. The summed E-state index contributed by atoms with van der Waals surface area (Å²) in [6.45, 7) is 0. The molecule has 1 aromatic rings. The molecule has 0 aromatic heterocycles. The van der Waals surface area contributed by atoms with Crippen molar-refractivity contribution >= 4 is 33.1 Å². The molecule has 0 aliphatic carbocycles. The first-order valence-corrected chi connectivity index (χ1v) is 8.59. The van der Waals surface area contributed by atoms with Crippen LogP contribution in [-0.2, 0) is 9.84 Å². The molecule has 1 amide bonds. The van der Waals surface area contributed by atoms with E-state index >= 15 is 0 Å². The van der Waals surface area contributed by atoms with Crippen LogP contribution in [0.3, 0.4) is 0 Å². The summed E-state index contributed by atoms with van der Waals surface area (Å²) in [7, 11) is -1.46. The second-order valence-corrected chi connectivity index (χ2v) is 7.40. The topological polar surface area (TPSA) is 84.5 Å². The molecule has 1 fully saturated rings. The zero-order chi connectivity index (χ0) is 15.5. The van der Waals surface area contributed by atoms with Crippen LogP contribution in [0.5, 0.6) is 5.75 Å². The molecule has 1 aromatic carbocycles. The number of sulfone groups is 1. The number of carbonyl (C=O) groups is 1. The Morgan fingerprint density at radius 1 is 1.43 bits per heavy atom. The average Bonchev–Trinajstić information content (AvgIpc) is 2.77. The number of ether oxygens (including phenoxy) is 1. The lowest BCUT2D eigenvalue weighted by Gasteiger charge is -2.14. The van der Waals surface area contributed by atoms with E-state index in [9.17, 15) is 13.2 Å². The first kappa shape index (κ1) is 15.7. The molecule has 0 saturated carbocycles. The van der Waals surface area contributed by atoms with Crippen molar-refractivity contribution in [1.82, 2.24) is 10.6 Å². The van der Waals surface area contributed by atoms with Crippen molar-refractivity contribution in [2.45, 2.75) is 12.5 Å². The average molecular weight is 328 g/mol. The Bertz CT molecular complexity index is 658. The zero-order valence-electron chi connectivity index (χ0n) is 11.5. The maximum absolute atomic E-state index is 12.0. The predicted octanol–water partition coefficient (Wildman–Crippen LogP) is 0.487. The summed E-state index contributed by atoms with van der Waals surface area (Å²) >= 11 is 5.03. The van der Waals surface area contributed by atoms with Crippen LogP contribution in [-0.4, -0.2) is 44.1 Å². The molecule has 1 atom stereocenters. The predicted molar refractivity (Wildman–Crippen MR) is 83.3 cm³/mol. The molecule has 1 aliphatic heterocycles. The van der Waals surface area contributed by atoms with E-state index in [1.165, 1.54) is 7.11 Å². The molecule has 1 heterocycles. The normalized spacial score (nSPS) is 19.8. The summed E-state index contributed by atoms with van der Waals surface area (Å²) < 4.78 is 27.7. The summed E-state index contributed by atoms with van der Waals surface area (Å²) in [6.07, 6.45) is 0.498. The monoisotopic (exact) mass is 328 g/mol. The summed E-state index contributed by atoms with van der Waals surface area (Å²) in [5, 5.41) is 5.52. The van der Waals surface area contributed by atoms with Gasteiger partial charge in [-0.2, -0.15) is 0 Å². The highest BCUT2D eigenvalue weighted by atomic mass is 32.2. The Labute approximate surface area is 128 Å². The van der Waals surface area contributed by atoms with Crippen molar-refractivity contribution in [3.63, 3.8) is 0 Å². The Balaban J connectivity index is 1.91. The van der Waals surface area contributed by atoms with Gasteiger partial charge in [-0.05, 0) is 36.8 Å². The van der Waals surface area contributed by atoms with E-state index in [0.717, 1.165) is 0 Å². The third-order valence-electron chi connectivity index (χ3n) is 3.13. The van der Waals surface area contributed by atoms with Gasteiger partial charge in [0.25, 0.3) is 5.91 Å². The Morgan fingerprint density at radius 3 is 2.81 bits per heavy atom. The zero-order valence-corrected chi connectivity index (χ0v) is 13.1. The molecule has 8 heteroatoms. The molecule has 114 valence electrons. The summed E-state index contributed by atoms with van der Waals surface area (Å²) in [4.78, 5) is 12.0. The van der Waals surface area contributed by atoms with Gasteiger partial charge in [0.05, 0.1) is 18.6 Å². The van der Waals surface area contributed by atoms with Gasteiger partial charge in [0.2, 0.25) is 0 Å². The smallest absolute Gasteiger partial charge is 0.257 e. The summed E-state index contributed by atoms with van der Waals surface area (Å²) in [5.74, 6) is 0.398. The SMILES string of the molecule is COc1cccc(C(=O)NC(=S)N[C@@H]2CCS(=O)(=O)C2)c1. The van der Waals surface area contributed by atoms with Gasteiger partial charge >= 0.3 is 0 Å². The fourth-order valence-corrected chi connectivity index (χ4v) is 4.00. The van der Waals surface area contributed by atoms with Crippen molar-refractivity contribution in [2.75, 3.05) is 18.6 Å². The molecule has 21 heavy (non-hydrogen) atoms. The lowest BCUT2D eigenvalue weighted by molar-refractivity contribution is 0.0976. The molecule has 1 aliphatic rings. The largest absolute Gasteiger partial charge is 0.497 e. The van der Waals surface area contributed by atoms with Crippen molar-refractivity contribution in [3.05, 3.63) is 29.8 Å². The number of carbonyl (C=O) groups excluding carboxylic acids is 1. The van der Waals surface area contributed by atoms with Gasteiger partial charge in [-0.3, -0.25) is 10.1 Å². The number of hydrogen-bond acceptors (Lipinski definition) is 5. The fourth-order valence-electron chi connectivity index (χ4n) is 2.07. The lowest BCUT2D eigenvalue weighted by atomic mass is 10.2. The van der Waals surface area contributed by atoms with Crippen LogP contribution in [0.1, 0.15) is 16.8 Å². The molecular weight excluding hydrogens is 312 g/mol. The molecule has 0 unspecified atom stereocenters. The van der Waals surface area contributed by atoms with Crippen LogP contribution in [0.2, 0.25) is 0 Å². The van der Waals surface area contributed by atoms with Crippen LogP contribution in [0.4, 0.5) is 0 Å². The first-order valence-electron chi connectivity index (χ1n) is 6.36. The van der Waals surface area contributed by atoms with Gasteiger partial charge in [-0.25, -0.2) is 8.42 Å². The van der Waals surface area contributed by atoms with Crippen molar-refractivity contribution in [3.8, 4) is 5.75 Å². The molecule has 0 spiro atoms. The highest BCUT2D eigenvalue weighted by Crippen LogP contribution is 2.13. The standard InChI is InChI=1S/C13H16N2O4S2/c1-19-11-4-2-3-9(7-11)12(16)15-13(20)14-10-5-6-21(17,18)8-10/h2-4,7,10H,5-6,8H2,1H3,(H2,14,15,16,20)/t10-/m1/s1. The number of nitrogens with one attached hydrogen (secondary N) is 2. The van der Waals surface area contributed by atoms with E-state index < -0.39 is 9.84 Å². The van der Waals surface area contributed by atoms with Gasteiger partial charge in [0.15, 0.2) is 14.9 Å². The van der Waals surface area contributed by atoms with E-state index in [4.69, 9.17) is 17.0 Å². The summed E-state index contributed by atoms with van der Waals surface area (Å²) in [6, 6.07) is 6.43. The molecule has 0 radical (unpaired) electrons. The maximum atomic E-state index is 12.0. The molecule has 2 N–H and O–H groups in total. The number of rotatable bonds is 3. The van der Waals surface area contributed by atoms with Gasteiger partial charge in [-0.15, -0.1) is 0 Å². The summed E-state index contributed by atoms with van der Waals surface area (Å²) in [5.41, 5.74) is 0.414. The fraction of sp³-hybridized carbons (Fsp3) is 0.385. The molecule has 2 rings (SSSR count). The second kappa shape index (κ2) is 6.40. The Hall–Kier alpha value is -1.67. The minimum Gasteiger partial charge on any atom is -0.497 e. The van der Waals surface area contributed by atoms with Crippen molar-refractivity contribution in [1.29, 1.82) is 0 Å². The number of thiocarbonyl (C=S) groups is 1. The van der Waals surface area contributed by atoms with E-state index in [0.29, 0.717) is 17.7 Å². The molecule has 0 bridgehead atoms. The van der Waals surface area contributed by atoms with E-state index in [1.807, 2.05) is 0 Å². The molecule has 1 saturated heterocycles. The van der Waals surface area contributed by atoms with Crippen LogP contribution in [0, 0.1) is 0 Å². The van der Waals surface area contributed by atoms with Gasteiger partial charge in [-0.1, -0.05) is 6.07 Å². The maximum Gasteiger partial charge on any atom is 0.257 e. The second-order valence-electron chi connectivity index (χ2n) is 4.76. The van der Waals surface area contributed by atoms with Crippen LogP contribution in [0.25, 0.3) is 0 Å². The van der Waals surface area contributed by atoms with E-state index in [-0.39, 0.29) is 28.6 Å². The molecule has 6 nitrogen and oxygen atoms in total. The molecular formula is C13H16N2O4S2. The third-order valence-corrected chi connectivity index (χ3v) is 5.11. The van der Waals surface area contributed by atoms with Gasteiger partial charge in [0, 0.05) is 11.6 Å². The van der Waals surface area contributed by atoms with Crippen LogP contribution >= 0.6 is 12.2 Å². The third kappa shape index (κ3) is 4.40. The Kier molecular flexibility index (Phi) is 4.79. The van der Waals surface area contributed by atoms with Crippen molar-refractivity contribution < 1.29 is 17.9 Å². The van der Waals surface area contributed by atoms with Crippen molar-refractivity contribution in [2.24, 2.45) is 0 Å². The minimum atomic E-state index is -2.98. The quantitative estimate of drug-likeness (QED) is 0.786. The number of benzene rings is 1. The highest BCUT2D eigenvalue weighted by Gasteiger charge is 2.28.